The van der Waals surface area contributed by atoms with Crippen molar-refractivity contribution in [3.8, 4) is 5.75 Å². The number of hydrogen-bond acceptors (Lipinski definition) is 4. The van der Waals surface area contributed by atoms with Crippen LogP contribution in [-0.2, 0) is 0 Å². The minimum Gasteiger partial charge on any atom is -0.496 e. The van der Waals surface area contributed by atoms with Crippen LogP contribution in [0.2, 0.25) is 0 Å². The summed E-state index contributed by atoms with van der Waals surface area (Å²) in [4.78, 5) is 4.10. The number of hydrazine groups is 1. The summed E-state index contributed by atoms with van der Waals surface area (Å²) in [5.74, 6) is 5.66. The molecule has 0 aliphatic carbocycles. The van der Waals surface area contributed by atoms with E-state index in [4.69, 9.17) is 10.6 Å². The first-order valence-electron chi connectivity index (χ1n) is 5.87. The molecule has 0 aliphatic rings. The second-order valence-electron chi connectivity index (χ2n) is 4.25. The van der Waals surface area contributed by atoms with Gasteiger partial charge in [-0.25, -0.2) is 9.82 Å². The van der Waals surface area contributed by atoms with Crippen molar-refractivity contribution in [1.82, 2.24) is 10.4 Å². The Morgan fingerprint density at radius 1 is 1.37 bits per heavy atom. The van der Waals surface area contributed by atoms with E-state index in [9.17, 15) is 4.39 Å². The van der Waals surface area contributed by atoms with Gasteiger partial charge in [-0.1, -0.05) is 12.1 Å². The summed E-state index contributed by atoms with van der Waals surface area (Å²) < 4.78 is 19.3. The minimum atomic E-state index is -0.511. The van der Waals surface area contributed by atoms with Crippen LogP contribution in [0.1, 0.15) is 22.7 Å². The molecule has 1 aromatic heterocycles. The van der Waals surface area contributed by atoms with Gasteiger partial charge in [0, 0.05) is 12.4 Å². The van der Waals surface area contributed by atoms with E-state index in [2.05, 4.69) is 10.4 Å². The van der Waals surface area contributed by atoms with E-state index in [0.29, 0.717) is 11.3 Å². The van der Waals surface area contributed by atoms with Crippen molar-refractivity contribution in [2.75, 3.05) is 7.11 Å². The number of ether oxygens (including phenoxy) is 1. The van der Waals surface area contributed by atoms with Gasteiger partial charge in [-0.15, -0.1) is 0 Å². The molecule has 19 heavy (non-hydrogen) atoms. The fraction of sp³-hybridized carbons (Fsp3) is 0.214. The lowest BCUT2D eigenvalue weighted by atomic mass is 9.98. The molecule has 0 aliphatic heterocycles. The number of pyridine rings is 1. The van der Waals surface area contributed by atoms with Crippen LogP contribution >= 0.6 is 0 Å². The van der Waals surface area contributed by atoms with Gasteiger partial charge in [0.15, 0.2) is 0 Å². The van der Waals surface area contributed by atoms with Crippen LogP contribution < -0.4 is 16.0 Å². The standard InChI is InChI=1S/C14H16FN3O/c1-9-6-10(8-17-7-9)14(18-16)13-11(15)4-3-5-12(13)19-2/h3-8,14,18H,16H2,1-2H3. The molecule has 2 aromatic rings. The Morgan fingerprint density at radius 2 is 2.16 bits per heavy atom. The van der Waals surface area contributed by atoms with Crippen molar-refractivity contribution in [3.63, 3.8) is 0 Å². The third-order valence-corrected chi connectivity index (χ3v) is 2.92. The summed E-state index contributed by atoms with van der Waals surface area (Å²) in [7, 11) is 1.50. The maximum Gasteiger partial charge on any atom is 0.132 e. The highest BCUT2D eigenvalue weighted by molar-refractivity contribution is 5.42. The van der Waals surface area contributed by atoms with E-state index in [-0.39, 0.29) is 5.82 Å². The molecule has 0 radical (unpaired) electrons. The van der Waals surface area contributed by atoms with Crippen molar-refractivity contribution in [2.45, 2.75) is 13.0 Å². The molecule has 1 atom stereocenters. The second kappa shape index (κ2) is 5.77. The van der Waals surface area contributed by atoms with E-state index in [0.717, 1.165) is 11.1 Å². The molecular weight excluding hydrogens is 245 g/mol. The summed E-state index contributed by atoms with van der Waals surface area (Å²) in [6.45, 7) is 1.92. The smallest absolute Gasteiger partial charge is 0.132 e. The summed E-state index contributed by atoms with van der Waals surface area (Å²) in [6.07, 6.45) is 3.39. The zero-order chi connectivity index (χ0) is 13.8. The third-order valence-electron chi connectivity index (χ3n) is 2.92. The number of aryl methyl sites for hydroxylation is 1. The molecule has 0 saturated heterocycles. The predicted octanol–water partition coefficient (Wildman–Crippen LogP) is 2.09. The zero-order valence-corrected chi connectivity index (χ0v) is 10.9. The van der Waals surface area contributed by atoms with E-state index >= 15 is 0 Å². The fourth-order valence-corrected chi connectivity index (χ4v) is 2.06. The Hall–Kier alpha value is -1.98. The summed E-state index contributed by atoms with van der Waals surface area (Å²) in [5, 5.41) is 0. The predicted molar refractivity (Wildman–Crippen MR) is 71.1 cm³/mol. The van der Waals surface area contributed by atoms with Gasteiger partial charge in [-0.2, -0.15) is 0 Å². The van der Waals surface area contributed by atoms with Crippen LogP contribution in [0.5, 0.6) is 5.75 Å². The minimum absolute atomic E-state index is 0.371. The molecule has 4 nitrogen and oxygen atoms in total. The van der Waals surface area contributed by atoms with Crippen LogP contribution in [0.4, 0.5) is 4.39 Å². The highest BCUT2D eigenvalue weighted by Gasteiger charge is 2.21. The van der Waals surface area contributed by atoms with Gasteiger partial charge < -0.3 is 4.74 Å². The first-order chi connectivity index (χ1) is 9.17. The number of halogens is 1. The molecule has 0 bridgehead atoms. The maximum atomic E-state index is 14.1. The van der Waals surface area contributed by atoms with Gasteiger partial charge in [-0.05, 0) is 30.2 Å². The number of nitrogens with two attached hydrogens (primary N) is 1. The topological polar surface area (TPSA) is 60.2 Å². The monoisotopic (exact) mass is 261 g/mol. The second-order valence-corrected chi connectivity index (χ2v) is 4.25. The molecule has 0 spiro atoms. The van der Waals surface area contributed by atoms with Crippen molar-refractivity contribution in [2.24, 2.45) is 5.84 Å². The summed E-state index contributed by atoms with van der Waals surface area (Å²) in [6, 6.07) is 6.07. The number of aromatic nitrogens is 1. The molecule has 1 aromatic carbocycles. The quantitative estimate of drug-likeness (QED) is 0.653. The van der Waals surface area contributed by atoms with Crippen molar-refractivity contribution >= 4 is 0 Å². The highest BCUT2D eigenvalue weighted by Crippen LogP contribution is 2.31. The number of methoxy groups -OCH3 is 1. The van der Waals surface area contributed by atoms with Gasteiger partial charge in [0.1, 0.15) is 11.6 Å². The molecule has 5 heteroatoms. The highest BCUT2D eigenvalue weighted by atomic mass is 19.1. The Labute approximate surface area is 111 Å². The normalized spacial score (nSPS) is 12.2. The first kappa shape index (κ1) is 13.5. The molecule has 3 N–H and O–H groups in total. The van der Waals surface area contributed by atoms with E-state index < -0.39 is 6.04 Å². The molecule has 1 unspecified atom stereocenters. The van der Waals surface area contributed by atoms with Gasteiger partial charge >= 0.3 is 0 Å². The van der Waals surface area contributed by atoms with Crippen molar-refractivity contribution in [3.05, 3.63) is 59.2 Å². The number of nitrogens with zero attached hydrogens (tertiary/aromatic N) is 1. The molecule has 1 heterocycles. The Balaban J connectivity index is 2.54. The van der Waals surface area contributed by atoms with E-state index in [1.807, 2.05) is 13.0 Å². The van der Waals surface area contributed by atoms with Gasteiger partial charge in [0.25, 0.3) is 0 Å². The van der Waals surface area contributed by atoms with Crippen LogP contribution in [0.25, 0.3) is 0 Å². The lowest BCUT2D eigenvalue weighted by Crippen LogP contribution is -2.30. The largest absolute Gasteiger partial charge is 0.496 e. The molecule has 2 rings (SSSR count). The Bertz CT molecular complexity index is 574. The van der Waals surface area contributed by atoms with Crippen LogP contribution in [-0.4, -0.2) is 12.1 Å². The Kier molecular flexibility index (Phi) is 4.09. The number of nitrogens with one attached hydrogen (secondary N) is 1. The van der Waals surface area contributed by atoms with Crippen LogP contribution in [0, 0.1) is 12.7 Å². The zero-order valence-electron chi connectivity index (χ0n) is 10.9. The molecule has 100 valence electrons. The Morgan fingerprint density at radius 3 is 2.79 bits per heavy atom. The van der Waals surface area contributed by atoms with E-state index in [1.165, 1.54) is 13.2 Å². The SMILES string of the molecule is COc1cccc(F)c1C(NN)c1cncc(C)c1. The lowest BCUT2D eigenvalue weighted by Gasteiger charge is -2.20. The maximum absolute atomic E-state index is 14.1. The summed E-state index contributed by atoms with van der Waals surface area (Å²) >= 11 is 0. The molecular formula is C14H16FN3O. The molecule has 0 saturated carbocycles. The lowest BCUT2D eigenvalue weighted by molar-refractivity contribution is 0.397. The summed E-state index contributed by atoms with van der Waals surface area (Å²) in [5.41, 5.74) is 4.76. The average molecular weight is 261 g/mol. The number of benzene rings is 1. The van der Waals surface area contributed by atoms with Crippen molar-refractivity contribution in [1.29, 1.82) is 0 Å². The van der Waals surface area contributed by atoms with Crippen molar-refractivity contribution < 1.29 is 9.13 Å². The van der Waals surface area contributed by atoms with Gasteiger partial charge in [-0.3, -0.25) is 10.8 Å². The number of rotatable bonds is 4. The average Bonchev–Trinajstić information content (AvgIpc) is 2.41. The van der Waals surface area contributed by atoms with Crippen LogP contribution in [0.3, 0.4) is 0 Å². The van der Waals surface area contributed by atoms with E-state index in [1.54, 1.807) is 24.5 Å². The third kappa shape index (κ3) is 2.72. The fourth-order valence-electron chi connectivity index (χ4n) is 2.06. The number of hydrogen-bond donors (Lipinski definition) is 2. The van der Waals surface area contributed by atoms with Gasteiger partial charge in [0.05, 0.1) is 18.7 Å². The van der Waals surface area contributed by atoms with Crippen LogP contribution in [0.15, 0.2) is 36.7 Å². The van der Waals surface area contributed by atoms with Gasteiger partial charge in [0.2, 0.25) is 0 Å². The first-order valence-corrected chi connectivity index (χ1v) is 5.87. The molecule has 0 fully saturated rings. The molecule has 0 amide bonds.